The highest BCUT2D eigenvalue weighted by molar-refractivity contribution is 7.99. The topological polar surface area (TPSA) is 15.3 Å². The van der Waals surface area contributed by atoms with Crippen LogP contribution in [0.15, 0.2) is 24.3 Å². The van der Waals surface area contributed by atoms with Gasteiger partial charge in [-0.2, -0.15) is 11.8 Å². The van der Waals surface area contributed by atoms with Crippen LogP contribution in [-0.2, 0) is 0 Å². The van der Waals surface area contributed by atoms with Crippen LogP contribution in [0, 0.1) is 5.82 Å². The van der Waals surface area contributed by atoms with Crippen molar-refractivity contribution in [3.63, 3.8) is 0 Å². The minimum Gasteiger partial charge on any atom is -0.309 e. The number of benzene rings is 1. The third-order valence-electron chi connectivity index (χ3n) is 3.65. The van der Waals surface area contributed by atoms with Crippen molar-refractivity contribution < 1.29 is 4.39 Å². The summed E-state index contributed by atoms with van der Waals surface area (Å²) in [5.74, 6) is 2.15. The first-order valence-corrected chi connectivity index (χ1v) is 8.14. The summed E-state index contributed by atoms with van der Waals surface area (Å²) in [6.07, 6.45) is 1.09. The average molecular weight is 282 g/mol. The van der Waals surface area contributed by atoms with Crippen molar-refractivity contribution in [3.8, 4) is 0 Å². The van der Waals surface area contributed by atoms with Crippen LogP contribution in [0.1, 0.15) is 24.9 Å². The molecular formula is C15H23FN2S. The summed E-state index contributed by atoms with van der Waals surface area (Å²) in [6.45, 7) is 4.24. The van der Waals surface area contributed by atoms with Crippen molar-refractivity contribution in [2.24, 2.45) is 0 Å². The van der Waals surface area contributed by atoms with Crippen molar-refractivity contribution in [1.29, 1.82) is 0 Å². The largest absolute Gasteiger partial charge is 0.309 e. The Morgan fingerprint density at radius 2 is 2.37 bits per heavy atom. The summed E-state index contributed by atoms with van der Waals surface area (Å²) in [6, 6.07) is 7.67. The molecule has 106 valence electrons. The fraction of sp³-hybridized carbons (Fsp3) is 0.600. The van der Waals surface area contributed by atoms with Crippen molar-refractivity contribution in [1.82, 2.24) is 10.2 Å². The molecule has 2 unspecified atom stereocenters. The van der Waals surface area contributed by atoms with E-state index in [-0.39, 0.29) is 11.9 Å². The third kappa shape index (κ3) is 3.94. The standard InChI is InChI=1S/C15H23FN2S/c1-3-7-17-15(12-5-4-6-13(16)10-12)14-11-19-9-8-18(14)2/h4-6,10,14-15,17H,3,7-9,11H2,1-2H3. The zero-order chi connectivity index (χ0) is 13.7. The Bertz CT molecular complexity index is 399. The summed E-state index contributed by atoms with van der Waals surface area (Å²) in [5, 5.41) is 3.59. The first-order valence-electron chi connectivity index (χ1n) is 6.99. The van der Waals surface area contributed by atoms with E-state index in [4.69, 9.17) is 0 Å². The van der Waals surface area contributed by atoms with Crippen LogP contribution in [0.5, 0.6) is 0 Å². The van der Waals surface area contributed by atoms with Gasteiger partial charge < -0.3 is 5.32 Å². The Labute approximate surface area is 119 Å². The van der Waals surface area contributed by atoms with Crippen LogP contribution >= 0.6 is 11.8 Å². The van der Waals surface area contributed by atoms with Gasteiger partial charge >= 0.3 is 0 Å². The van der Waals surface area contributed by atoms with E-state index in [9.17, 15) is 4.39 Å². The average Bonchev–Trinajstić information content (AvgIpc) is 2.41. The molecule has 0 spiro atoms. The van der Waals surface area contributed by atoms with E-state index < -0.39 is 0 Å². The van der Waals surface area contributed by atoms with Gasteiger partial charge in [-0.25, -0.2) is 4.39 Å². The number of hydrogen-bond acceptors (Lipinski definition) is 3. The number of likely N-dealkylation sites (N-methyl/N-ethyl adjacent to an activating group) is 1. The van der Waals surface area contributed by atoms with E-state index in [1.54, 1.807) is 12.1 Å². The fourth-order valence-corrected chi connectivity index (χ4v) is 3.80. The van der Waals surface area contributed by atoms with Gasteiger partial charge in [0, 0.05) is 30.1 Å². The van der Waals surface area contributed by atoms with Crippen LogP contribution < -0.4 is 5.32 Å². The van der Waals surface area contributed by atoms with E-state index in [1.807, 2.05) is 17.8 Å². The Balaban J connectivity index is 2.19. The minimum absolute atomic E-state index is 0.146. The quantitative estimate of drug-likeness (QED) is 0.894. The monoisotopic (exact) mass is 282 g/mol. The molecule has 0 saturated carbocycles. The number of halogens is 1. The van der Waals surface area contributed by atoms with Crippen LogP contribution in [-0.4, -0.2) is 42.6 Å². The molecule has 2 atom stereocenters. The molecule has 19 heavy (non-hydrogen) atoms. The Hall–Kier alpha value is -0.580. The summed E-state index contributed by atoms with van der Waals surface area (Å²) in [7, 11) is 2.17. The molecule has 0 bridgehead atoms. The van der Waals surface area contributed by atoms with Crippen LogP contribution in [0.3, 0.4) is 0 Å². The van der Waals surface area contributed by atoms with Gasteiger partial charge in [0.05, 0.1) is 0 Å². The van der Waals surface area contributed by atoms with Crippen molar-refractivity contribution in [2.45, 2.75) is 25.4 Å². The van der Waals surface area contributed by atoms with Gasteiger partial charge in [0.15, 0.2) is 0 Å². The molecule has 1 aromatic carbocycles. The van der Waals surface area contributed by atoms with Gasteiger partial charge in [-0.15, -0.1) is 0 Å². The van der Waals surface area contributed by atoms with Gasteiger partial charge in [-0.1, -0.05) is 19.1 Å². The van der Waals surface area contributed by atoms with Gasteiger partial charge in [0.2, 0.25) is 0 Å². The zero-order valence-electron chi connectivity index (χ0n) is 11.7. The van der Waals surface area contributed by atoms with E-state index in [0.29, 0.717) is 6.04 Å². The molecule has 1 aliphatic rings. The fourth-order valence-electron chi connectivity index (χ4n) is 2.53. The highest BCUT2D eigenvalue weighted by Crippen LogP contribution is 2.27. The van der Waals surface area contributed by atoms with Crippen LogP contribution in [0.2, 0.25) is 0 Å². The third-order valence-corrected chi connectivity index (χ3v) is 4.70. The molecule has 0 radical (unpaired) electrons. The van der Waals surface area contributed by atoms with Crippen molar-refractivity contribution in [2.75, 3.05) is 31.6 Å². The lowest BCUT2D eigenvalue weighted by Crippen LogP contribution is -2.48. The second kappa shape index (κ2) is 7.27. The molecule has 0 amide bonds. The summed E-state index contributed by atoms with van der Waals surface area (Å²) in [4.78, 5) is 2.40. The van der Waals surface area contributed by atoms with E-state index in [2.05, 4.69) is 24.2 Å². The lowest BCUT2D eigenvalue weighted by atomic mass is 9.98. The van der Waals surface area contributed by atoms with Gasteiger partial charge in [-0.05, 0) is 37.7 Å². The molecule has 1 saturated heterocycles. The van der Waals surface area contributed by atoms with Crippen molar-refractivity contribution in [3.05, 3.63) is 35.6 Å². The minimum atomic E-state index is -0.146. The number of rotatable bonds is 5. The first kappa shape index (κ1) is 14.8. The number of nitrogens with one attached hydrogen (secondary N) is 1. The maximum atomic E-state index is 13.5. The highest BCUT2D eigenvalue weighted by Gasteiger charge is 2.28. The molecule has 1 aliphatic heterocycles. The molecule has 1 fully saturated rings. The number of thioether (sulfide) groups is 1. The normalized spacial score (nSPS) is 22.4. The van der Waals surface area contributed by atoms with E-state index >= 15 is 0 Å². The molecule has 1 N–H and O–H groups in total. The summed E-state index contributed by atoms with van der Waals surface area (Å²) in [5.41, 5.74) is 1.06. The molecule has 4 heteroatoms. The van der Waals surface area contributed by atoms with E-state index in [1.165, 1.54) is 11.8 Å². The van der Waals surface area contributed by atoms with Gasteiger partial charge in [-0.3, -0.25) is 4.90 Å². The van der Waals surface area contributed by atoms with Crippen molar-refractivity contribution >= 4 is 11.8 Å². The zero-order valence-corrected chi connectivity index (χ0v) is 12.5. The molecule has 0 aromatic heterocycles. The Kier molecular flexibility index (Phi) is 5.67. The van der Waals surface area contributed by atoms with Gasteiger partial charge in [0.1, 0.15) is 5.82 Å². The second-order valence-corrected chi connectivity index (χ2v) is 6.26. The Morgan fingerprint density at radius 3 is 3.05 bits per heavy atom. The van der Waals surface area contributed by atoms with E-state index in [0.717, 1.165) is 30.8 Å². The summed E-state index contributed by atoms with van der Waals surface area (Å²) >= 11 is 1.99. The SMILES string of the molecule is CCCNC(c1cccc(F)c1)C1CSCCN1C. The van der Waals surface area contributed by atoms with Crippen LogP contribution in [0.4, 0.5) is 4.39 Å². The first-order chi connectivity index (χ1) is 9.22. The molecule has 1 aromatic rings. The molecule has 2 rings (SSSR count). The smallest absolute Gasteiger partial charge is 0.123 e. The molecule has 2 nitrogen and oxygen atoms in total. The number of hydrogen-bond donors (Lipinski definition) is 1. The lowest BCUT2D eigenvalue weighted by molar-refractivity contribution is 0.215. The molecule has 1 heterocycles. The predicted octanol–water partition coefficient (Wildman–Crippen LogP) is 2.91. The summed E-state index contributed by atoms with van der Waals surface area (Å²) < 4.78 is 13.5. The number of nitrogens with zero attached hydrogens (tertiary/aromatic N) is 1. The van der Waals surface area contributed by atoms with Gasteiger partial charge in [0.25, 0.3) is 0 Å². The Morgan fingerprint density at radius 1 is 1.53 bits per heavy atom. The maximum Gasteiger partial charge on any atom is 0.123 e. The predicted molar refractivity (Wildman–Crippen MR) is 81.2 cm³/mol. The maximum absolute atomic E-state index is 13.5. The molecular weight excluding hydrogens is 259 g/mol. The molecule has 0 aliphatic carbocycles. The highest BCUT2D eigenvalue weighted by atomic mass is 32.2. The lowest BCUT2D eigenvalue weighted by Gasteiger charge is -2.38. The second-order valence-electron chi connectivity index (χ2n) is 5.11. The van der Waals surface area contributed by atoms with Crippen LogP contribution in [0.25, 0.3) is 0 Å².